The fourth-order valence-corrected chi connectivity index (χ4v) is 6.91. The number of ether oxygens (including phenoxy) is 1. The van der Waals surface area contributed by atoms with Crippen molar-refractivity contribution in [1.29, 1.82) is 0 Å². The Hall–Kier alpha value is -2.30. The summed E-state index contributed by atoms with van der Waals surface area (Å²) >= 11 is 13.1. The zero-order chi connectivity index (χ0) is 26.4. The van der Waals surface area contributed by atoms with Crippen molar-refractivity contribution in [2.45, 2.75) is 75.6 Å². The SMILES string of the molecule is O=C1CCCC(NC(=O)Oc2sc(C3=NOC(c4cc(Cl)cc(Cl)c4)(C(F)(F)F)C3)c3c2CCCC3)C1. The molecule has 1 aromatic carbocycles. The van der Waals surface area contributed by atoms with Gasteiger partial charge in [0.15, 0.2) is 5.06 Å². The van der Waals surface area contributed by atoms with E-state index in [1.165, 1.54) is 18.2 Å². The lowest BCUT2D eigenvalue weighted by atomic mass is 9.86. The minimum absolute atomic E-state index is 0.0537. The number of hydrogen-bond acceptors (Lipinski definition) is 6. The highest BCUT2D eigenvalue weighted by Gasteiger charge is 2.62. The van der Waals surface area contributed by atoms with Crippen LogP contribution in [0.15, 0.2) is 23.4 Å². The Kier molecular flexibility index (Phi) is 7.19. The maximum atomic E-state index is 14.4. The molecule has 1 N–H and O–H groups in total. The van der Waals surface area contributed by atoms with Crippen molar-refractivity contribution in [2.75, 3.05) is 0 Å². The summed E-state index contributed by atoms with van der Waals surface area (Å²) in [6.07, 6.45) is -0.882. The zero-order valence-electron chi connectivity index (χ0n) is 19.6. The fraction of sp³-hybridized carbons (Fsp3) is 0.480. The number of ketones is 1. The van der Waals surface area contributed by atoms with E-state index in [1.807, 2.05) is 0 Å². The zero-order valence-corrected chi connectivity index (χ0v) is 21.9. The van der Waals surface area contributed by atoms with Gasteiger partial charge in [-0.2, -0.15) is 13.2 Å². The first-order valence-electron chi connectivity index (χ1n) is 12.0. The van der Waals surface area contributed by atoms with Crippen molar-refractivity contribution >= 4 is 52.1 Å². The molecule has 0 radical (unpaired) electrons. The molecular formula is C25H23Cl2F3N2O4S. The number of benzene rings is 1. The number of fused-ring (bicyclic) bond motifs is 1. The van der Waals surface area contributed by atoms with Crippen molar-refractivity contribution in [3.63, 3.8) is 0 Å². The van der Waals surface area contributed by atoms with Crippen LogP contribution in [0, 0.1) is 0 Å². The maximum absolute atomic E-state index is 14.4. The van der Waals surface area contributed by atoms with Gasteiger partial charge in [0.25, 0.3) is 5.60 Å². The van der Waals surface area contributed by atoms with Gasteiger partial charge in [0.1, 0.15) is 11.5 Å². The average molecular weight is 575 g/mol. The lowest BCUT2D eigenvalue weighted by Gasteiger charge is -2.29. The van der Waals surface area contributed by atoms with Gasteiger partial charge in [0.05, 0.1) is 11.3 Å². The van der Waals surface area contributed by atoms with Gasteiger partial charge < -0.3 is 14.9 Å². The van der Waals surface area contributed by atoms with Crippen LogP contribution in [-0.4, -0.2) is 29.8 Å². The molecule has 3 aliphatic rings. The highest BCUT2D eigenvalue weighted by Crippen LogP contribution is 2.51. The first kappa shape index (κ1) is 26.3. The van der Waals surface area contributed by atoms with E-state index in [-0.39, 0.29) is 39.6 Å². The lowest BCUT2D eigenvalue weighted by Crippen LogP contribution is -2.42. The van der Waals surface area contributed by atoms with Gasteiger partial charge in [-0.1, -0.05) is 39.7 Å². The van der Waals surface area contributed by atoms with Crippen LogP contribution in [0.5, 0.6) is 5.06 Å². The first-order valence-corrected chi connectivity index (χ1v) is 13.6. The summed E-state index contributed by atoms with van der Waals surface area (Å²) in [4.78, 5) is 30.0. The maximum Gasteiger partial charge on any atom is 0.435 e. The van der Waals surface area contributed by atoms with Crippen LogP contribution in [0.1, 0.15) is 66.5 Å². The highest BCUT2D eigenvalue weighted by atomic mass is 35.5. The summed E-state index contributed by atoms with van der Waals surface area (Å²) < 4.78 is 48.9. The Balaban J connectivity index is 1.42. The molecule has 0 saturated heterocycles. The number of carbonyl (C=O) groups is 2. The monoisotopic (exact) mass is 574 g/mol. The minimum Gasteiger partial charge on any atom is -0.399 e. The van der Waals surface area contributed by atoms with E-state index in [0.717, 1.165) is 35.3 Å². The third-order valence-electron chi connectivity index (χ3n) is 6.95. The van der Waals surface area contributed by atoms with Crippen molar-refractivity contribution in [1.82, 2.24) is 5.32 Å². The largest absolute Gasteiger partial charge is 0.435 e. The standard InChI is InChI=1S/C25H23Cl2F3N2O4S/c26-14-8-13(9-15(27)10-14)24(25(28,29)30)12-20(32-36-24)21-18-6-1-2-7-19(18)22(37-21)35-23(34)31-16-4-3-5-17(33)11-16/h8-10,16H,1-7,11-12H2,(H,31,34). The topological polar surface area (TPSA) is 77.0 Å². The van der Waals surface area contributed by atoms with E-state index in [9.17, 15) is 22.8 Å². The Bertz CT molecular complexity index is 1260. The number of nitrogens with zero attached hydrogens (tertiary/aromatic N) is 1. The number of oxime groups is 1. The van der Waals surface area contributed by atoms with Crippen molar-refractivity contribution in [3.8, 4) is 5.06 Å². The second kappa shape index (κ2) is 10.1. The molecule has 1 aromatic heterocycles. The molecule has 0 spiro atoms. The molecule has 5 rings (SSSR count). The van der Waals surface area contributed by atoms with Crippen LogP contribution in [0.3, 0.4) is 0 Å². The number of alkyl halides is 3. The smallest absolute Gasteiger partial charge is 0.399 e. The van der Waals surface area contributed by atoms with E-state index in [2.05, 4.69) is 10.5 Å². The number of rotatable bonds is 4. The molecule has 2 aliphatic carbocycles. The second-order valence-corrected chi connectivity index (χ2v) is 11.4. The number of thiophene rings is 1. The molecule has 37 heavy (non-hydrogen) atoms. The van der Waals surface area contributed by atoms with Gasteiger partial charge >= 0.3 is 12.3 Å². The van der Waals surface area contributed by atoms with Crippen LogP contribution in [0.4, 0.5) is 18.0 Å². The van der Waals surface area contributed by atoms with Crippen molar-refractivity contribution in [3.05, 3.63) is 49.8 Å². The number of nitrogens with one attached hydrogen (secondary N) is 1. The predicted octanol–water partition coefficient (Wildman–Crippen LogP) is 7.12. The third kappa shape index (κ3) is 5.20. The molecule has 2 heterocycles. The van der Waals surface area contributed by atoms with E-state index in [4.69, 9.17) is 32.8 Å². The average Bonchev–Trinajstić information content (AvgIpc) is 3.42. The number of Topliss-reactive ketones (excluding diaryl/α,β-unsaturated/α-hetero) is 1. The summed E-state index contributed by atoms with van der Waals surface area (Å²) in [5, 5.41) is 7.08. The van der Waals surface area contributed by atoms with E-state index in [1.54, 1.807) is 0 Å². The molecule has 6 nitrogen and oxygen atoms in total. The predicted molar refractivity (Wildman–Crippen MR) is 134 cm³/mol. The van der Waals surface area contributed by atoms with Crippen LogP contribution in [0.25, 0.3) is 0 Å². The van der Waals surface area contributed by atoms with Crippen LogP contribution in [-0.2, 0) is 28.1 Å². The molecule has 2 atom stereocenters. The summed E-state index contributed by atoms with van der Waals surface area (Å²) in [6.45, 7) is 0. The van der Waals surface area contributed by atoms with Crippen molar-refractivity contribution in [2.24, 2.45) is 5.16 Å². The van der Waals surface area contributed by atoms with Crippen molar-refractivity contribution < 1.29 is 32.3 Å². The Morgan fingerprint density at radius 3 is 2.49 bits per heavy atom. The molecule has 2 unspecified atom stereocenters. The van der Waals surface area contributed by atoms with E-state index < -0.39 is 24.3 Å². The molecule has 1 fully saturated rings. The molecule has 12 heteroatoms. The van der Waals surface area contributed by atoms with Crippen LogP contribution < -0.4 is 10.1 Å². The lowest BCUT2D eigenvalue weighted by molar-refractivity contribution is -0.275. The summed E-state index contributed by atoms with van der Waals surface area (Å²) in [7, 11) is 0. The molecular weight excluding hydrogens is 552 g/mol. The highest BCUT2D eigenvalue weighted by molar-refractivity contribution is 7.16. The number of carbonyl (C=O) groups excluding carboxylic acids is 2. The summed E-state index contributed by atoms with van der Waals surface area (Å²) in [6, 6.07) is 3.42. The minimum atomic E-state index is -4.81. The van der Waals surface area contributed by atoms with Crippen LogP contribution >= 0.6 is 34.5 Å². The van der Waals surface area contributed by atoms with E-state index >= 15 is 0 Å². The summed E-state index contributed by atoms with van der Waals surface area (Å²) in [5.74, 6) is 0.0979. The molecule has 198 valence electrons. The first-order chi connectivity index (χ1) is 17.6. The Labute approximate surface area is 225 Å². The van der Waals surface area contributed by atoms with E-state index in [0.29, 0.717) is 42.0 Å². The normalized spacial score (nSPS) is 23.8. The molecule has 1 saturated carbocycles. The van der Waals surface area contributed by atoms with Gasteiger partial charge in [0, 0.05) is 40.1 Å². The van der Waals surface area contributed by atoms with Gasteiger partial charge in [-0.05, 0) is 62.3 Å². The molecule has 2 aromatic rings. The second-order valence-electron chi connectivity index (χ2n) is 9.54. The Morgan fingerprint density at radius 2 is 1.81 bits per heavy atom. The molecule has 1 aliphatic heterocycles. The van der Waals surface area contributed by atoms with Gasteiger partial charge in [0.2, 0.25) is 0 Å². The van der Waals surface area contributed by atoms with Gasteiger partial charge in [-0.15, -0.1) is 0 Å². The van der Waals surface area contributed by atoms with Gasteiger partial charge in [-0.25, -0.2) is 4.79 Å². The van der Waals surface area contributed by atoms with Crippen LogP contribution in [0.2, 0.25) is 10.0 Å². The van der Waals surface area contributed by atoms with Gasteiger partial charge in [-0.3, -0.25) is 4.79 Å². The number of halogens is 5. The molecule has 1 amide bonds. The number of amides is 1. The quantitative estimate of drug-likeness (QED) is 0.422. The summed E-state index contributed by atoms with van der Waals surface area (Å²) in [5.41, 5.74) is -1.21. The molecule has 0 bridgehead atoms. The third-order valence-corrected chi connectivity index (χ3v) is 8.59. The Morgan fingerprint density at radius 1 is 1.11 bits per heavy atom. The fourth-order valence-electron chi connectivity index (χ4n) is 5.15. The number of hydrogen-bond donors (Lipinski definition) is 1.